The van der Waals surface area contributed by atoms with Crippen molar-refractivity contribution in [3.63, 3.8) is 0 Å². The zero-order valence-corrected chi connectivity index (χ0v) is 11.1. The van der Waals surface area contributed by atoms with Crippen LogP contribution in [0.25, 0.3) is 0 Å². The predicted molar refractivity (Wildman–Crippen MR) is 75.4 cm³/mol. The molecule has 1 aromatic carbocycles. The minimum absolute atomic E-state index is 0.249. The monoisotopic (exact) mass is 251 g/mol. The van der Waals surface area contributed by atoms with Gasteiger partial charge in [-0.3, -0.25) is 9.78 Å². The zero-order chi connectivity index (χ0) is 13.2. The van der Waals surface area contributed by atoms with Gasteiger partial charge in [-0.05, 0) is 41.5 Å². The van der Waals surface area contributed by atoms with Crippen LogP contribution in [0.1, 0.15) is 46.3 Å². The standard InChI is InChI=1S/C17H17NO/c1-2-12-11-18-8-7-16(12)17(19)10-14-9-13-5-3-4-6-15(13)14/h3-8,11,14H,2,9-10H2,1H3. The molecule has 0 saturated heterocycles. The number of aromatic nitrogens is 1. The Bertz CT molecular complexity index is 618. The average molecular weight is 251 g/mol. The molecule has 0 N–H and O–H groups in total. The van der Waals surface area contributed by atoms with E-state index in [2.05, 4.69) is 36.2 Å². The third kappa shape index (κ3) is 2.19. The van der Waals surface area contributed by atoms with E-state index in [0.717, 1.165) is 24.0 Å². The number of aryl methyl sites for hydroxylation is 1. The molecule has 1 aliphatic rings. The van der Waals surface area contributed by atoms with Crippen molar-refractivity contribution in [2.45, 2.75) is 32.1 Å². The first kappa shape index (κ1) is 12.1. The molecule has 1 heterocycles. The van der Waals surface area contributed by atoms with Gasteiger partial charge in [0, 0.05) is 24.4 Å². The Hall–Kier alpha value is -1.96. The van der Waals surface area contributed by atoms with Crippen LogP contribution in [-0.2, 0) is 12.8 Å². The molecule has 96 valence electrons. The number of fused-ring (bicyclic) bond motifs is 1. The quantitative estimate of drug-likeness (QED) is 0.778. The molecule has 2 aromatic rings. The number of hydrogen-bond acceptors (Lipinski definition) is 2. The summed E-state index contributed by atoms with van der Waals surface area (Å²) >= 11 is 0. The van der Waals surface area contributed by atoms with Crippen LogP contribution in [-0.4, -0.2) is 10.8 Å². The first-order valence-electron chi connectivity index (χ1n) is 6.83. The summed E-state index contributed by atoms with van der Waals surface area (Å²) in [7, 11) is 0. The summed E-state index contributed by atoms with van der Waals surface area (Å²) in [5.41, 5.74) is 4.65. The zero-order valence-electron chi connectivity index (χ0n) is 11.1. The lowest BCUT2D eigenvalue weighted by Crippen LogP contribution is -2.20. The van der Waals surface area contributed by atoms with Gasteiger partial charge < -0.3 is 0 Å². The van der Waals surface area contributed by atoms with Crippen LogP contribution in [0.2, 0.25) is 0 Å². The van der Waals surface area contributed by atoms with Crippen molar-refractivity contribution < 1.29 is 4.79 Å². The highest BCUT2D eigenvalue weighted by Gasteiger charge is 2.28. The highest BCUT2D eigenvalue weighted by Crippen LogP contribution is 2.38. The summed E-state index contributed by atoms with van der Waals surface area (Å²) in [4.78, 5) is 16.5. The van der Waals surface area contributed by atoms with Gasteiger partial charge in [-0.15, -0.1) is 0 Å². The van der Waals surface area contributed by atoms with Gasteiger partial charge in [0.25, 0.3) is 0 Å². The Labute approximate surface area is 113 Å². The summed E-state index contributed by atoms with van der Waals surface area (Å²) in [6, 6.07) is 10.3. The number of carbonyl (C=O) groups excluding carboxylic acids is 1. The second-order valence-corrected chi connectivity index (χ2v) is 5.11. The Morgan fingerprint density at radius 3 is 2.95 bits per heavy atom. The van der Waals surface area contributed by atoms with Gasteiger partial charge in [-0.25, -0.2) is 0 Å². The number of Topliss-reactive ketones (excluding diaryl/α,β-unsaturated/α-hetero) is 1. The summed E-state index contributed by atoms with van der Waals surface area (Å²) in [5, 5.41) is 0. The summed E-state index contributed by atoms with van der Waals surface area (Å²) in [5.74, 6) is 0.653. The number of nitrogens with zero attached hydrogens (tertiary/aromatic N) is 1. The molecule has 0 bridgehead atoms. The SMILES string of the molecule is CCc1cnccc1C(=O)CC1Cc2ccccc21. The maximum atomic E-state index is 12.4. The van der Waals surface area contributed by atoms with E-state index >= 15 is 0 Å². The predicted octanol–water partition coefficient (Wildman–Crippen LogP) is 3.56. The van der Waals surface area contributed by atoms with Gasteiger partial charge in [0.1, 0.15) is 0 Å². The Kier molecular flexibility index (Phi) is 3.16. The minimum Gasteiger partial charge on any atom is -0.294 e. The van der Waals surface area contributed by atoms with Crippen molar-refractivity contribution in [3.8, 4) is 0 Å². The van der Waals surface area contributed by atoms with E-state index in [4.69, 9.17) is 0 Å². The lowest BCUT2D eigenvalue weighted by molar-refractivity contribution is 0.0969. The molecule has 1 aliphatic carbocycles. The maximum absolute atomic E-state index is 12.4. The Morgan fingerprint density at radius 1 is 1.32 bits per heavy atom. The second-order valence-electron chi connectivity index (χ2n) is 5.11. The van der Waals surface area contributed by atoms with Crippen molar-refractivity contribution in [2.75, 3.05) is 0 Å². The summed E-state index contributed by atoms with van der Waals surface area (Å²) in [6.07, 6.45) is 6.03. The van der Waals surface area contributed by atoms with Gasteiger partial charge in [-0.2, -0.15) is 0 Å². The summed E-state index contributed by atoms with van der Waals surface area (Å²) < 4.78 is 0. The lowest BCUT2D eigenvalue weighted by atomic mass is 9.74. The van der Waals surface area contributed by atoms with Gasteiger partial charge >= 0.3 is 0 Å². The second kappa shape index (κ2) is 4.96. The molecule has 1 unspecified atom stereocenters. The average Bonchev–Trinajstić information content (AvgIpc) is 2.44. The van der Waals surface area contributed by atoms with E-state index in [0.29, 0.717) is 12.3 Å². The van der Waals surface area contributed by atoms with Crippen molar-refractivity contribution in [2.24, 2.45) is 0 Å². The first-order valence-corrected chi connectivity index (χ1v) is 6.83. The number of hydrogen-bond donors (Lipinski definition) is 0. The molecule has 2 nitrogen and oxygen atoms in total. The molecule has 0 saturated carbocycles. The fraction of sp³-hybridized carbons (Fsp3) is 0.294. The molecule has 3 rings (SSSR count). The Morgan fingerprint density at radius 2 is 2.16 bits per heavy atom. The highest BCUT2D eigenvalue weighted by atomic mass is 16.1. The van der Waals surface area contributed by atoms with Crippen molar-refractivity contribution in [3.05, 3.63) is 65.0 Å². The van der Waals surface area contributed by atoms with Gasteiger partial charge in [0.2, 0.25) is 0 Å². The molecular weight excluding hydrogens is 234 g/mol. The van der Waals surface area contributed by atoms with Gasteiger partial charge in [-0.1, -0.05) is 31.2 Å². The Balaban J connectivity index is 1.77. The van der Waals surface area contributed by atoms with E-state index in [9.17, 15) is 4.79 Å². The van der Waals surface area contributed by atoms with Crippen LogP contribution in [0.5, 0.6) is 0 Å². The molecular formula is C17H17NO. The molecule has 0 spiro atoms. The molecule has 0 aliphatic heterocycles. The van der Waals surface area contributed by atoms with Crippen molar-refractivity contribution in [1.82, 2.24) is 4.98 Å². The van der Waals surface area contributed by atoms with E-state index in [1.807, 2.05) is 12.3 Å². The van der Waals surface area contributed by atoms with Crippen LogP contribution in [0, 0.1) is 0 Å². The van der Waals surface area contributed by atoms with Crippen molar-refractivity contribution >= 4 is 5.78 Å². The van der Waals surface area contributed by atoms with Crippen LogP contribution in [0.4, 0.5) is 0 Å². The smallest absolute Gasteiger partial charge is 0.163 e. The largest absolute Gasteiger partial charge is 0.294 e. The molecule has 0 amide bonds. The number of rotatable bonds is 4. The number of pyridine rings is 1. The van der Waals surface area contributed by atoms with Crippen LogP contribution in [0.3, 0.4) is 0 Å². The number of ketones is 1. The van der Waals surface area contributed by atoms with Crippen molar-refractivity contribution in [1.29, 1.82) is 0 Å². The highest BCUT2D eigenvalue weighted by molar-refractivity contribution is 5.98. The van der Waals surface area contributed by atoms with Crippen LogP contribution < -0.4 is 0 Å². The van der Waals surface area contributed by atoms with Gasteiger partial charge in [0.05, 0.1) is 0 Å². The molecule has 0 radical (unpaired) electrons. The molecule has 1 atom stereocenters. The topological polar surface area (TPSA) is 30.0 Å². The van der Waals surface area contributed by atoms with E-state index in [1.165, 1.54) is 11.1 Å². The number of carbonyl (C=O) groups is 1. The molecule has 0 fully saturated rings. The first-order chi connectivity index (χ1) is 9.29. The summed E-state index contributed by atoms with van der Waals surface area (Å²) in [6.45, 7) is 2.06. The fourth-order valence-corrected chi connectivity index (χ4v) is 2.86. The third-order valence-electron chi connectivity index (χ3n) is 3.98. The van der Waals surface area contributed by atoms with E-state index in [1.54, 1.807) is 6.20 Å². The fourth-order valence-electron chi connectivity index (χ4n) is 2.86. The molecule has 19 heavy (non-hydrogen) atoms. The molecule has 2 heteroatoms. The third-order valence-corrected chi connectivity index (χ3v) is 3.98. The van der Waals surface area contributed by atoms with Crippen LogP contribution in [0.15, 0.2) is 42.7 Å². The maximum Gasteiger partial charge on any atom is 0.163 e. The van der Waals surface area contributed by atoms with E-state index < -0.39 is 0 Å². The minimum atomic E-state index is 0.249. The van der Waals surface area contributed by atoms with E-state index in [-0.39, 0.29) is 5.78 Å². The van der Waals surface area contributed by atoms with Gasteiger partial charge in [0.15, 0.2) is 5.78 Å². The number of benzene rings is 1. The lowest BCUT2D eigenvalue weighted by Gasteiger charge is -2.29. The normalized spacial score (nSPS) is 16.6. The van der Waals surface area contributed by atoms with Crippen LogP contribution >= 0.6 is 0 Å². The molecule has 1 aromatic heterocycles.